The van der Waals surface area contributed by atoms with Gasteiger partial charge in [0.15, 0.2) is 0 Å². The van der Waals surface area contributed by atoms with E-state index in [0.29, 0.717) is 6.04 Å². The molecule has 86 valence electrons. The topological polar surface area (TPSA) is 29.3 Å². The van der Waals surface area contributed by atoms with Crippen molar-refractivity contribution in [3.63, 3.8) is 0 Å². The van der Waals surface area contributed by atoms with Crippen LogP contribution in [0, 0.1) is 0 Å². The molecular formula is C14H20N2. The van der Waals surface area contributed by atoms with Crippen molar-refractivity contribution in [2.75, 3.05) is 18.8 Å². The molecule has 1 aromatic carbocycles. The lowest BCUT2D eigenvalue weighted by molar-refractivity contribution is 0.133. The SMILES string of the molecule is [2H]C1c2ccc(N)cc2CCN(C2CCC2)C1[2H]. The second kappa shape index (κ2) is 4.10. The van der Waals surface area contributed by atoms with Crippen LogP contribution >= 0.6 is 0 Å². The van der Waals surface area contributed by atoms with Gasteiger partial charge in [-0.25, -0.2) is 0 Å². The Morgan fingerprint density at radius 2 is 2.19 bits per heavy atom. The van der Waals surface area contributed by atoms with E-state index in [1.54, 1.807) is 0 Å². The molecule has 1 aliphatic heterocycles. The van der Waals surface area contributed by atoms with E-state index in [1.807, 2.05) is 18.2 Å². The molecule has 0 spiro atoms. The highest BCUT2D eigenvalue weighted by Gasteiger charge is 2.26. The molecule has 3 rings (SSSR count). The van der Waals surface area contributed by atoms with Gasteiger partial charge in [-0.05, 0) is 48.9 Å². The molecule has 0 amide bonds. The van der Waals surface area contributed by atoms with Gasteiger partial charge in [-0.1, -0.05) is 12.5 Å². The quantitative estimate of drug-likeness (QED) is 0.732. The van der Waals surface area contributed by atoms with Crippen molar-refractivity contribution in [3.8, 4) is 0 Å². The number of anilines is 1. The van der Waals surface area contributed by atoms with Gasteiger partial charge in [-0.15, -0.1) is 0 Å². The maximum atomic E-state index is 8.33. The fraction of sp³-hybridized carbons (Fsp3) is 0.571. The molecule has 1 aliphatic carbocycles. The Kier molecular flexibility index (Phi) is 2.08. The monoisotopic (exact) mass is 218 g/mol. The van der Waals surface area contributed by atoms with Crippen LogP contribution in [-0.4, -0.2) is 24.0 Å². The van der Waals surface area contributed by atoms with Gasteiger partial charge in [-0.3, -0.25) is 4.90 Å². The molecule has 2 atom stereocenters. The van der Waals surface area contributed by atoms with Crippen molar-refractivity contribution >= 4 is 5.69 Å². The number of hydrogen-bond acceptors (Lipinski definition) is 2. The summed E-state index contributed by atoms with van der Waals surface area (Å²) in [7, 11) is 0. The Bertz CT molecular complexity index is 445. The fourth-order valence-corrected chi connectivity index (χ4v) is 2.53. The molecule has 0 aromatic heterocycles. The van der Waals surface area contributed by atoms with E-state index < -0.39 is 12.9 Å². The maximum absolute atomic E-state index is 8.33. The first kappa shape index (κ1) is 8.13. The lowest BCUT2D eigenvalue weighted by Crippen LogP contribution is -2.41. The lowest BCUT2D eigenvalue weighted by atomic mass is 9.91. The van der Waals surface area contributed by atoms with E-state index in [9.17, 15) is 0 Å². The summed E-state index contributed by atoms with van der Waals surface area (Å²) in [5.74, 6) is 0. The van der Waals surface area contributed by atoms with Crippen LogP contribution in [-0.2, 0) is 12.8 Å². The van der Waals surface area contributed by atoms with E-state index in [4.69, 9.17) is 8.48 Å². The first-order valence-electron chi connectivity index (χ1n) is 7.31. The summed E-state index contributed by atoms with van der Waals surface area (Å²) < 4.78 is 16.7. The Morgan fingerprint density at radius 3 is 2.94 bits per heavy atom. The summed E-state index contributed by atoms with van der Waals surface area (Å²) in [5.41, 5.74) is 8.74. The molecule has 1 aromatic rings. The van der Waals surface area contributed by atoms with Crippen LogP contribution in [0.1, 0.15) is 33.1 Å². The number of nitrogens with two attached hydrogens (primary N) is 1. The van der Waals surface area contributed by atoms with Gasteiger partial charge in [0.05, 0.1) is 0 Å². The summed E-state index contributed by atoms with van der Waals surface area (Å²) >= 11 is 0. The third-order valence-corrected chi connectivity index (χ3v) is 3.80. The minimum atomic E-state index is -0.469. The van der Waals surface area contributed by atoms with Crippen LogP contribution in [0.25, 0.3) is 0 Å². The molecule has 0 bridgehead atoms. The Balaban J connectivity index is 1.90. The van der Waals surface area contributed by atoms with Crippen molar-refractivity contribution in [1.82, 2.24) is 4.90 Å². The summed E-state index contributed by atoms with van der Waals surface area (Å²) in [4.78, 5) is 2.22. The molecule has 2 N–H and O–H groups in total. The molecular weight excluding hydrogens is 196 g/mol. The van der Waals surface area contributed by atoms with Gasteiger partial charge < -0.3 is 5.73 Å². The van der Waals surface area contributed by atoms with Crippen molar-refractivity contribution in [2.24, 2.45) is 0 Å². The molecule has 16 heavy (non-hydrogen) atoms. The van der Waals surface area contributed by atoms with E-state index in [1.165, 1.54) is 19.3 Å². The highest BCUT2D eigenvalue weighted by Crippen LogP contribution is 2.27. The highest BCUT2D eigenvalue weighted by atomic mass is 15.2. The highest BCUT2D eigenvalue weighted by molar-refractivity contribution is 5.45. The number of aryl methyl sites for hydroxylation is 1. The molecule has 2 nitrogen and oxygen atoms in total. The number of nitrogens with zero attached hydrogens (tertiary/aromatic N) is 1. The van der Waals surface area contributed by atoms with Gasteiger partial charge in [0.25, 0.3) is 0 Å². The van der Waals surface area contributed by atoms with Crippen molar-refractivity contribution < 1.29 is 2.74 Å². The largest absolute Gasteiger partial charge is 0.399 e. The Labute approximate surface area is 100 Å². The predicted molar refractivity (Wildman–Crippen MR) is 67.5 cm³/mol. The Hall–Kier alpha value is -1.02. The minimum absolute atomic E-state index is 0.430. The molecule has 2 unspecified atom stereocenters. The molecule has 1 heterocycles. The molecule has 0 radical (unpaired) electrons. The standard InChI is InChI=1S/C14H20N2/c15-13-5-4-11-6-8-16(14-2-1-3-14)9-7-12(11)10-13/h4-5,10,14H,1-3,6-9,15H2/i6D,8D. The van der Waals surface area contributed by atoms with Crippen LogP contribution in [0.2, 0.25) is 0 Å². The zero-order chi connectivity index (χ0) is 12.7. The van der Waals surface area contributed by atoms with E-state index in [0.717, 1.165) is 29.8 Å². The second-order valence-electron chi connectivity index (χ2n) is 4.85. The van der Waals surface area contributed by atoms with E-state index >= 15 is 0 Å². The first-order valence-corrected chi connectivity index (χ1v) is 6.15. The first-order chi connectivity index (χ1) is 8.66. The fourth-order valence-electron chi connectivity index (χ4n) is 2.53. The smallest absolute Gasteiger partial charge is 0.0434 e. The number of rotatable bonds is 1. The zero-order valence-electron chi connectivity index (χ0n) is 11.5. The summed E-state index contributed by atoms with van der Waals surface area (Å²) in [6, 6.07) is 6.31. The third-order valence-electron chi connectivity index (χ3n) is 3.80. The summed E-state index contributed by atoms with van der Waals surface area (Å²) in [6.45, 7) is 0.463. The van der Waals surface area contributed by atoms with Gasteiger partial charge in [0.2, 0.25) is 0 Å². The molecule has 2 aliphatic rings. The van der Waals surface area contributed by atoms with Crippen LogP contribution in [0.5, 0.6) is 0 Å². The van der Waals surface area contributed by atoms with E-state index in [-0.39, 0.29) is 0 Å². The minimum Gasteiger partial charge on any atom is -0.399 e. The van der Waals surface area contributed by atoms with Crippen LogP contribution < -0.4 is 5.73 Å². The predicted octanol–water partition coefficient (Wildman–Crippen LogP) is 2.22. The van der Waals surface area contributed by atoms with Crippen LogP contribution in [0.15, 0.2) is 18.2 Å². The van der Waals surface area contributed by atoms with Crippen molar-refractivity contribution in [2.45, 2.75) is 38.1 Å². The molecule has 0 saturated heterocycles. The normalized spacial score (nSPS) is 33.2. The second-order valence-corrected chi connectivity index (χ2v) is 4.85. The van der Waals surface area contributed by atoms with Crippen LogP contribution in [0.3, 0.4) is 0 Å². The average molecular weight is 218 g/mol. The maximum Gasteiger partial charge on any atom is 0.0434 e. The van der Waals surface area contributed by atoms with E-state index in [2.05, 4.69) is 4.90 Å². The Morgan fingerprint density at radius 1 is 1.31 bits per heavy atom. The zero-order valence-corrected chi connectivity index (χ0v) is 9.52. The molecule has 1 fully saturated rings. The summed E-state index contributed by atoms with van der Waals surface area (Å²) in [5, 5.41) is 0. The molecule has 2 heteroatoms. The molecule has 1 saturated carbocycles. The van der Waals surface area contributed by atoms with Crippen LogP contribution in [0.4, 0.5) is 5.69 Å². The third kappa shape index (κ3) is 1.82. The van der Waals surface area contributed by atoms with Gasteiger partial charge in [0, 0.05) is 27.5 Å². The van der Waals surface area contributed by atoms with Gasteiger partial charge >= 0.3 is 0 Å². The number of benzene rings is 1. The number of hydrogen-bond donors (Lipinski definition) is 1. The van der Waals surface area contributed by atoms with Gasteiger partial charge in [-0.2, -0.15) is 0 Å². The number of fused-ring (bicyclic) bond motifs is 1. The summed E-state index contributed by atoms with van der Waals surface area (Å²) in [6.07, 6.45) is 4.11. The van der Waals surface area contributed by atoms with Gasteiger partial charge in [0.1, 0.15) is 0 Å². The van der Waals surface area contributed by atoms with Crippen molar-refractivity contribution in [3.05, 3.63) is 29.3 Å². The average Bonchev–Trinajstić information content (AvgIpc) is 2.39. The number of nitrogen functional groups attached to an aromatic ring is 1. The van der Waals surface area contributed by atoms with Crippen molar-refractivity contribution in [1.29, 1.82) is 0 Å². The lowest BCUT2D eigenvalue weighted by Gasteiger charge is -2.36.